The van der Waals surface area contributed by atoms with Crippen molar-refractivity contribution >= 4 is 5.91 Å². The number of hydrogen-bond acceptors (Lipinski definition) is 6. The predicted octanol–water partition coefficient (Wildman–Crippen LogP) is 2.79. The van der Waals surface area contributed by atoms with Crippen LogP contribution >= 0.6 is 0 Å². The SMILES string of the molecule is COc1ccccc1[C@H]1c2cccc(F)c2OC/C=C\CN2CN1n1ccc(=O)c(O)c1C2=O. The molecule has 2 bridgehead atoms. The van der Waals surface area contributed by atoms with E-state index in [2.05, 4.69) is 0 Å². The Hall–Kier alpha value is -4.27. The summed E-state index contributed by atoms with van der Waals surface area (Å²) in [5.41, 5.74) is 0.361. The van der Waals surface area contributed by atoms with E-state index in [1.54, 1.807) is 42.5 Å². The number of amides is 1. The summed E-state index contributed by atoms with van der Waals surface area (Å²) in [4.78, 5) is 27.0. The second kappa shape index (κ2) is 8.58. The third-order valence-corrected chi connectivity index (χ3v) is 5.98. The van der Waals surface area contributed by atoms with E-state index in [4.69, 9.17) is 9.47 Å². The number of ether oxygens (including phenoxy) is 2. The third-order valence-electron chi connectivity index (χ3n) is 5.98. The van der Waals surface area contributed by atoms with E-state index in [0.717, 1.165) is 0 Å². The van der Waals surface area contributed by atoms with Crippen molar-refractivity contribution in [1.82, 2.24) is 9.58 Å². The van der Waals surface area contributed by atoms with Gasteiger partial charge in [0.25, 0.3) is 5.91 Å². The van der Waals surface area contributed by atoms with Crippen LogP contribution in [0.2, 0.25) is 0 Å². The van der Waals surface area contributed by atoms with Crippen LogP contribution in [0.15, 0.2) is 71.7 Å². The van der Waals surface area contributed by atoms with Gasteiger partial charge in [-0.15, -0.1) is 0 Å². The quantitative estimate of drug-likeness (QED) is 0.589. The molecule has 0 aliphatic carbocycles. The molecule has 2 aliphatic heterocycles. The average Bonchev–Trinajstić information content (AvgIpc) is 2.87. The summed E-state index contributed by atoms with van der Waals surface area (Å²) < 4.78 is 27.9. The number of aromatic nitrogens is 1. The Morgan fingerprint density at radius 1 is 1.06 bits per heavy atom. The maximum absolute atomic E-state index is 15.0. The molecule has 1 atom stereocenters. The maximum atomic E-state index is 15.0. The fraction of sp³-hybridized carbons (Fsp3) is 0.200. The molecule has 0 radical (unpaired) electrons. The summed E-state index contributed by atoms with van der Waals surface area (Å²) in [5, 5.41) is 12.3. The first-order valence-corrected chi connectivity index (χ1v) is 10.7. The molecule has 0 unspecified atom stereocenters. The van der Waals surface area contributed by atoms with Gasteiger partial charge in [-0.1, -0.05) is 36.4 Å². The molecule has 8 nitrogen and oxygen atoms in total. The molecule has 0 fully saturated rings. The maximum Gasteiger partial charge on any atom is 0.278 e. The van der Waals surface area contributed by atoms with Crippen molar-refractivity contribution in [1.29, 1.82) is 0 Å². The van der Waals surface area contributed by atoms with Crippen LogP contribution in [0.3, 0.4) is 0 Å². The predicted molar refractivity (Wildman–Crippen MR) is 122 cm³/mol. The number of methoxy groups -OCH3 is 1. The van der Waals surface area contributed by atoms with Crippen LogP contribution in [-0.2, 0) is 0 Å². The fourth-order valence-corrected chi connectivity index (χ4v) is 4.41. The molecule has 5 rings (SSSR count). The Balaban J connectivity index is 1.84. The van der Waals surface area contributed by atoms with E-state index in [1.165, 1.54) is 27.9 Å². The van der Waals surface area contributed by atoms with Crippen LogP contribution in [-0.4, -0.2) is 47.5 Å². The molecule has 1 amide bonds. The lowest BCUT2D eigenvalue weighted by atomic mass is 9.95. The zero-order valence-corrected chi connectivity index (χ0v) is 18.3. The van der Waals surface area contributed by atoms with E-state index in [0.29, 0.717) is 16.9 Å². The van der Waals surface area contributed by atoms with Crippen molar-refractivity contribution in [3.05, 3.63) is 99.7 Å². The van der Waals surface area contributed by atoms with E-state index in [-0.39, 0.29) is 31.3 Å². The molecule has 3 heterocycles. The molecular weight excluding hydrogens is 441 g/mol. The van der Waals surface area contributed by atoms with Crippen molar-refractivity contribution < 1.29 is 23.8 Å². The standard InChI is InChI=1S/C25H22FN3O5/c1-33-20-10-3-2-7-16(20)21-17-8-6-9-18(26)24(17)34-14-5-4-12-27-15-29(21)28-13-11-19(30)23(31)22(28)25(27)32/h2-11,13,21,31H,12,14-15H2,1H3/b5-4-/t21-/m0/s1. The second-order valence-electron chi connectivity index (χ2n) is 7.92. The van der Waals surface area contributed by atoms with E-state index in [1.807, 2.05) is 18.2 Å². The van der Waals surface area contributed by atoms with Crippen molar-refractivity contribution in [3.8, 4) is 17.2 Å². The number of pyridine rings is 1. The van der Waals surface area contributed by atoms with Gasteiger partial charge in [-0.2, -0.15) is 0 Å². The van der Waals surface area contributed by atoms with Crippen LogP contribution < -0.4 is 19.9 Å². The van der Waals surface area contributed by atoms with Crippen molar-refractivity contribution in [2.45, 2.75) is 6.04 Å². The zero-order valence-electron chi connectivity index (χ0n) is 18.3. The summed E-state index contributed by atoms with van der Waals surface area (Å²) in [6.07, 6.45) is 4.86. The molecule has 2 aliphatic rings. The highest BCUT2D eigenvalue weighted by Gasteiger charge is 2.38. The monoisotopic (exact) mass is 463 g/mol. The van der Waals surface area contributed by atoms with Gasteiger partial charge in [0.05, 0.1) is 7.11 Å². The summed E-state index contributed by atoms with van der Waals surface area (Å²) >= 11 is 0. The Bertz CT molecular complexity index is 1350. The molecule has 0 spiro atoms. The lowest BCUT2D eigenvalue weighted by Crippen LogP contribution is -2.55. The minimum absolute atomic E-state index is 0.0697. The van der Waals surface area contributed by atoms with Gasteiger partial charge in [0.1, 0.15) is 25.1 Å². The lowest BCUT2D eigenvalue weighted by Gasteiger charge is -2.44. The molecule has 174 valence electrons. The number of aromatic hydroxyl groups is 1. The molecule has 3 aromatic rings. The Morgan fingerprint density at radius 3 is 2.68 bits per heavy atom. The number of fused-ring (bicyclic) bond motifs is 5. The molecular formula is C25H22FN3O5. The normalized spacial score (nSPS) is 18.3. The number of nitrogens with zero attached hydrogens (tertiary/aromatic N) is 3. The smallest absolute Gasteiger partial charge is 0.278 e. The first-order chi connectivity index (χ1) is 16.5. The first kappa shape index (κ1) is 21.6. The van der Waals surface area contributed by atoms with Crippen LogP contribution in [0.4, 0.5) is 4.39 Å². The third kappa shape index (κ3) is 3.45. The Kier molecular flexibility index (Phi) is 5.45. The number of carbonyl (C=O) groups excluding carboxylic acids is 1. The van der Waals surface area contributed by atoms with Gasteiger partial charge in [-0.05, 0) is 18.2 Å². The molecule has 0 saturated heterocycles. The number of benzene rings is 2. The number of carbonyl (C=O) groups is 1. The van der Waals surface area contributed by atoms with Crippen LogP contribution in [0.1, 0.15) is 27.7 Å². The molecule has 9 heteroatoms. The number of rotatable bonds is 2. The molecule has 1 N–H and O–H groups in total. The molecule has 34 heavy (non-hydrogen) atoms. The first-order valence-electron chi connectivity index (χ1n) is 10.7. The summed E-state index contributed by atoms with van der Waals surface area (Å²) in [6.45, 7) is 0.403. The van der Waals surface area contributed by atoms with Gasteiger partial charge >= 0.3 is 0 Å². The van der Waals surface area contributed by atoms with Gasteiger partial charge in [-0.3, -0.25) is 19.3 Å². The topological polar surface area (TPSA) is 84.2 Å². The van der Waals surface area contributed by atoms with Crippen LogP contribution in [0.5, 0.6) is 17.2 Å². The van der Waals surface area contributed by atoms with Gasteiger partial charge in [0.2, 0.25) is 5.43 Å². The molecule has 0 saturated carbocycles. The van der Waals surface area contributed by atoms with E-state index >= 15 is 4.39 Å². The molecule has 2 aromatic carbocycles. The average molecular weight is 463 g/mol. The highest BCUT2D eigenvalue weighted by molar-refractivity contribution is 5.96. The second-order valence-corrected chi connectivity index (χ2v) is 7.92. The Morgan fingerprint density at radius 2 is 1.85 bits per heavy atom. The van der Waals surface area contributed by atoms with Crippen molar-refractivity contribution in [2.24, 2.45) is 0 Å². The Labute approximate surface area is 194 Å². The zero-order chi connectivity index (χ0) is 23.8. The van der Waals surface area contributed by atoms with Crippen LogP contribution in [0, 0.1) is 5.82 Å². The summed E-state index contributed by atoms with van der Waals surface area (Å²) in [7, 11) is 1.54. The minimum Gasteiger partial charge on any atom is -0.502 e. The number of para-hydroxylation sites is 2. The summed E-state index contributed by atoms with van der Waals surface area (Å²) in [5.74, 6) is -1.05. The number of halogens is 1. The highest BCUT2D eigenvalue weighted by Crippen LogP contribution is 2.41. The minimum atomic E-state index is -0.698. The van der Waals surface area contributed by atoms with Crippen LogP contribution in [0.25, 0.3) is 0 Å². The fourth-order valence-electron chi connectivity index (χ4n) is 4.41. The van der Waals surface area contributed by atoms with E-state index in [9.17, 15) is 14.7 Å². The molecule has 1 aromatic heterocycles. The van der Waals surface area contributed by atoms with Gasteiger partial charge < -0.3 is 19.5 Å². The van der Waals surface area contributed by atoms with Gasteiger partial charge in [0, 0.05) is 29.9 Å². The summed E-state index contributed by atoms with van der Waals surface area (Å²) in [6, 6.07) is 12.4. The van der Waals surface area contributed by atoms with Crippen molar-refractivity contribution in [2.75, 3.05) is 31.9 Å². The van der Waals surface area contributed by atoms with E-state index < -0.39 is 28.9 Å². The largest absolute Gasteiger partial charge is 0.502 e. The van der Waals surface area contributed by atoms with Crippen molar-refractivity contribution in [3.63, 3.8) is 0 Å². The van der Waals surface area contributed by atoms with Gasteiger partial charge in [0.15, 0.2) is 23.0 Å². The number of hydrogen-bond donors (Lipinski definition) is 1. The van der Waals surface area contributed by atoms with Gasteiger partial charge in [-0.25, -0.2) is 4.39 Å². The lowest BCUT2D eigenvalue weighted by molar-refractivity contribution is 0.0701. The highest BCUT2D eigenvalue weighted by atomic mass is 19.1.